The third-order valence-electron chi connectivity index (χ3n) is 2.95. The second-order valence-corrected chi connectivity index (χ2v) is 4.49. The van der Waals surface area contributed by atoms with Gasteiger partial charge < -0.3 is 10.3 Å². The van der Waals surface area contributed by atoms with Crippen LogP contribution in [-0.2, 0) is 0 Å². The summed E-state index contributed by atoms with van der Waals surface area (Å²) in [4.78, 5) is 8.46. The Labute approximate surface area is 104 Å². The van der Waals surface area contributed by atoms with Gasteiger partial charge in [-0.2, -0.15) is 5.10 Å². The summed E-state index contributed by atoms with van der Waals surface area (Å²) in [5.74, 6) is 0.468. The molecule has 0 spiro atoms. The van der Waals surface area contributed by atoms with Crippen LogP contribution < -0.4 is 5.73 Å². The number of H-pyrrole nitrogens is 1. The third kappa shape index (κ3) is 1.54. The minimum absolute atomic E-state index is 0.368. The van der Waals surface area contributed by atoms with Crippen molar-refractivity contribution in [1.82, 2.24) is 24.7 Å². The molecular weight excluding hydrogens is 228 g/mol. The zero-order valence-corrected chi connectivity index (χ0v) is 10.3. The first kappa shape index (κ1) is 10.8. The second kappa shape index (κ2) is 3.83. The molecule has 0 amide bonds. The maximum absolute atomic E-state index is 5.90. The highest BCUT2D eigenvalue weighted by atomic mass is 15.1. The molecule has 6 nitrogen and oxygen atoms in total. The van der Waals surface area contributed by atoms with Crippen molar-refractivity contribution < 1.29 is 0 Å². The van der Waals surface area contributed by atoms with Gasteiger partial charge in [0, 0.05) is 18.4 Å². The first-order valence-electron chi connectivity index (χ1n) is 5.79. The molecule has 3 heterocycles. The fourth-order valence-corrected chi connectivity index (χ4v) is 1.92. The standard InChI is InChI=1S/C12H14N6/c1-7(2)18-5-9(15-6-18)11-10-8(16-17-11)3-4-14-12(10)13/h3-7H,1-2H3,(H2,13,14)(H,16,17). The molecular formula is C12H14N6. The Hall–Kier alpha value is -2.37. The van der Waals surface area contributed by atoms with E-state index < -0.39 is 0 Å². The van der Waals surface area contributed by atoms with Gasteiger partial charge in [0.05, 0.1) is 17.2 Å². The van der Waals surface area contributed by atoms with Gasteiger partial charge in [-0.05, 0) is 19.9 Å². The normalized spacial score (nSPS) is 11.5. The molecule has 0 bridgehead atoms. The Morgan fingerprint density at radius 1 is 1.33 bits per heavy atom. The van der Waals surface area contributed by atoms with Crippen molar-refractivity contribution in [3.05, 3.63) is 24.8 Å². The van der Waals surface area contributed by atoms with E-state index in [1.54, 1.807) is 12.5 Å². The Morgan fingerprint density at radius 2 is 2.17 bits per heavy atom. The van der Waals surface area contributed by atoms with Gasteiger partial charge >= 0.3 is 0 Å². The first-order valence-corrected chi connectivity index (χ1v) is 5.79. The summed E-state index contributed by atoms with van der Waals surface area (Å²) < 4.78 is 2.03. The summed E-state index contributed by atoms with van der Waals surface area (Å²) >= 11 is 0. The number of hydrogen-bond donors (Lipinski definition) is 2. The molecule has 3 N–H and O–H groups in total. The van der Waals surface area contributed by atoms with Crippen LogP contribution in [0.3, 0.4) is 0 Å². The van der Waals surface area contributed by atoms with Gasteiger partial charge in [-0.15, -0.1) is 0 Å². The van der Waals surface area contributed by atoms with Gasteiger partial charge in [0.25, 0.3) is 0 Å². The largest absolute Gasteiger partial charge is 0.383 e. The van der Waals surface area contributed by atoms with E-state index in [2.05, 4.69) is 34.0 Å². The maximum atomic E-state index is 5.90. The molecule has 0 saturated carbocycles. The van der Waals surface area contributed by atoms with Crippen LogP contribution in [0.2, 0.25) is 0 Å². The van der Waals surface area contributed by atoms with Crippen molar-refractivity contribution in [2.24, 2.45) is 0 Å². The molecule has 3 rings (SSSR count). The van der Waals surface area contributed by atoms with Gasteiger partial charge in [0.2, 0.25) is 0 Å². The average Bonchev–Trinajstić information content (AvgIpc) is 2.94. The highest BCUT2D eigenvalue weighted by Gasteiger charge is 2.14. The molecule has 0 saturated heterocycles. The lowest BCUT2D eigenvalue weighted by atomic mass is 10.2. The zero-order chi connectivity index (χ0) is 12.7. The topological polar surface area (TPSA) is 85.4 Å². The van der Waals surface area contributed by atoms with E-state index >= 15 is 0 Å². The van der Waals surface area contributed by atoms with Crippen molar-refractivity contribution in [3.8, 4) is 11.4 Å². The van der Waals surface area contributed by atoms with Crippen LogP contribution in [0, 0.1) is 0 Å². The van der Waals surface area contributed by atoms with Crippen LogP contribution in [0.25, 0.3) is 22.3 Å². The first-order chi connectivity index (χ1) is 8.66. The summed E-state index contributed by atoms with van der Waals surface area (Å²) in [5.41, 5.74) is 8.32. The summed E-state index contributed by atoms with van der Waals surface area (Å²) in [6, 6.07) is 2.22. The van der Waals surface area contributed by atoms with Gasteiger partial charge in [-0.1, -0.05) is 0 Å². The van der Waals surface area contributed by atoms with Crippen molar-refractivity contribution >= 4 is 16.7 Å². The Kier molecular flexibility index (Phi) is 2.29. The van der Waals surface area contributed by atoms with Gasteiger partial charge in [-0.25, -0.2) is 9.97 Å². The highest BCUT2D eigenvalue weighted by molar-refractivity contribution is 5.98. The van der Waals surface area contributed by atoms with E-state index in [0.29, 0.717) is 11.9 Å². The predicted octanol–water partition coefficient (Wildman–Crippen LogP) is 1.98. The van der Waals surface area contributed by atoms with E-state index in [1.165, 1.54) is 0 Å². The number of anilines is 1. The maximum Gasteiger partial charge on any atom is 0.135 e. The van der Waals surface area contributed by atoms with Gasteiger partial charge in [-0.3, -0.25) is 5.10 Å². The van der Waals surface area contributed by atoms with Crippen molar-refractivity contribution in [3.63, 3.8) is 0 Å². The van der Waals surface area contributed by atoms with Crippen LogP contribution in [0.5, 0.6) is 0 Å². The third-order valence-corrected chi connectivity index (χ3v) is 2.95. The van der Waals surface area contributed by atoms with Gasteiger partial charge in [0.15, 0.2) is 0 Å². The minimum Gasteiger partial charge on any atom is -0.383 e. The van der Waals surface area contributed by atoms with E-state index in [9.17, 15) is 0 Å². The smallest absolute Gasteiger partial charge is 0.135 e. The molecule has 0 aromatic carbocycles. The number of nitrogens with one attached hydrogen (secondary N) is 1. The lowest BCUT2D eigenvalue weighted by Crippen LogP contribution is -1.95. The van der Waals surface area contributed by atoms with E-state index in [0.717, 1.165) is 22.3 Å². The number of pyridine rings is 1. The van der Waals surface area contributed by atoms with Crippen LogP contribution in [0.1, 0.15) is 19.9 Å². The molecule has 92 valence electrons. The number of hydrogen-bond acceptors (Lipinski definition) is 4. The molecule has 0 aliphatic heterocycles. The predicted molar refractivity (Wildman–Crippen MR) is 69.9 cm³/mol. The quantitative estimate of drug-likeness (QED) is 0.719. The molecule has 6 heteroatoms. The molecule has 0 aliphatic carbocycles. The van der Waals surface area contributed by atoms with Crippen LogP contribution in [0.15, 0.2) is 24.8 Å². The summed E-state index contributed by atoms with van der Waals surface area (Å²) in [5, 5.41) is 8.05. The fraction of sp³-hybridized carbons (Fsp3) is 0.250. The molecule has 0 fully saturated rings. The van der Waals surface area contributed by atoms with Crippen LogP contribution in [0.4, 0.5) is 5.82 Å². The zero-order valence-electron chi connectivity index (χ0n) is 10.3. The molecule has 0 atom stereocenters. The fourth-order valence-electron chi connectivity index (χ4n) is 1.92. The van der Waals surface area contributed by atoms with E-state index in [4.69, 9.17) is 5.73 Å². The van der Waals surface area contributed by atoms with Crippen LogP contribution >= 0.6 is 0 Å². The number of imidazole rings is 1. The molecule has 3 aromatic rings. The minimum atomic E-state index is 0.368. The van der Waals surface area contributed by atoms with E-state index in [1.807, 2.05) is 16.8 Å². The van der Waals surface area contributed by atoms with E-state index in [-0.39, 0.29) is 0 Å². The number of aromatic amines is 1. The Bertz CT molecular complexity index is 693. The molecule has 3 aromatic heterocycles. The molecule has 0 radical (unpaired) electrons. The highest BCUT2D eigenvalue weighted by Crippen LogP contribution is 2.28. The lowest BCUT2D eigenvalue weighted by molar-refractivity contribution is 0.600. The van der Waals surface area contributed by atoms with Gasteiger partial charge in [0.1, 0.15) is 17.2 Å². The van der Waals surface area contributed by atoms with Crippen molar-refractivity contribution in [2.45, 2.75) is 19.9 Å². The molecule has 0 aliphatic rings. The second-order valence-electron chi connectivity index (χ2n) is 4.49. The van der Waals surface area contributed by atoms with Crippen LogP contribution in [-0.4, -0.2) is 24.7 Å². The van der Waals surface area contributed by atoms with Crippen molar-refractivity contribution in [1.29, 1.82) is 0 Å². The summed E-state index contributed by atoms with van der Waals surface area (Å²) in [6.07, 6.45) is 5.42. The summed E-state index contributed by atoms with van der Waals surface area (Å²) in [6.45, 7) is 4.20. The molecule has 18 heavy (non-hydrogen) atoms. The van der Waals surface area contributed by atoms with Crippen molar-refractivity contribution in [2.75, 3.05) is 5.73 Å². The Balaban J connectivity index is 2.19. The number of nitrogen functional groups attached to an aromatic ring is 1. The monoisotopic (exact) mass is 242 g/mol. The number of aromatic nitrogens is 5. The molecule has 0 unspecified atom stereocenters. The lowest BCUT2D eigenvalue weighted by Gasteiger charge is -2.03. The Morgan fingerprint density at radius 3 is 2.89 bits per heavy atom. The SMILES string of the molecule is CC(C)n1cnc(-c2n[nH]c3ccnc(N)c23)c1. The number of nitrogens with two attached hydrogens (primary N) is 1. The summed E-state index contributed by atoms with van der Waals surface area (Å²) in [7, 11) is 0. The number of rotatable bonds is 2. The average molecular weight is 242 g/mol. The number of fused-ring (bicyclic) bond motifs is 1. The number of nitrogens with zero attached hydrogens (tertiary/aromatic N) is 4.